The van der Waals surface area contributed by atoms with Crippen LogP contribution in [0.25, 0.3) is 10.4 Å². The SMILES string of the molecule is c1ccc(-c2ccc(CNCc3cscn3)s2)cc1. The highest BCUT2D eigenvalue weighted by molar-refractivity contribution is 7.15. The Labute approximate surface area is 120 Å². The Kier molecular flexibility index (Phi) is 4.03. The number of thiazole rings is 1. The average Bonchev–Trinajstić information content (AvgIpc) is 3.11. The number of rotatable bonds is 5. The molecule has 2 aromatic heterocycles. The van der Waals surface area contributed by atoms with E-state index in [1.807, 2.05) is 22.9 Å². The number of hydrogen-bond acceptors (Lipinski definition) is 4. The molecular weight excluding hydrogens is 272 g/mol. The summed E-state index contributed by atoms with van der Waals surface area (Å²) in [6.07, 6.45) is 0. The van der Waals surface area contributed by atoms with Crippen LogP contribution >= 0.6 is 22.7 Å². The van der Waals surface area contributed by atoms with Gasteiger partial charge in [-0.1, -0.05) is 30.3 Å². The largest absolute Gasteiger partial charge is 0.306 e. The van der Waals surface area contributed by atoms with Gasteiger partial charge in [-0.25, -0.2) is 4.98 Å². The van der Waals surface area contributed by atoms with Crippen molar-refractivity contribution < 1.29 is 0 Å². The van der Waals surface area contributed by atoms with E-state index in [1.54, 1.807) is 11.3 Å². The van der Waals surface area contributed by atoms with Crippen LogP contribution in [-0.4, -0.2) is 4.98 Å². The first kappa shape index (κ1) is 12.5. The predicted octanol–water partition coefficient (Wildman–Crippen LogP) is 4.16. The summed E-state index contributed by atoms with van der Waals surface area (Å²) in [6.45, 7) is 1.73. The minimum Gasteiger partial charge on any atom is -0.306 e. The Morgan fingerprint density at radius 2 is 1.89 bits per heavy atom. The molecule has 0 bridgehead atoms. The molecule has 0 atom stereocenters. The number of aromatic nitrogens is 1. The molecule has 96 valence electrons. The molecule has 2 nitrogen and oxygen atoms in total. The lowest BCUT2D eigenvalue weighted by Gasteiger charge is -2.00. The first-order valence-electron chi connectivity index (χ1n) is 6.14. The second-order valence-electron chi connectivity index (χ2n) is 4.22. The molecule has 2 heterocycles. The molecule has 3 rings (SSSR count). The second-order valence-corrected chi connectivity index (χ2v) is 6.10. The molecule has 4 heteroatoms. The normalized spacial score (nSPS) is 10.7. The Hall–Kier alpha value is -1.49. The van der Waals surface area contributed by atoms with Gasteiger partial charge in [-0.15, -0.1) is 22.7 Å². The van der Waals surface area contributed by atoms with Crippen molar-refractivity contribution in [2.75, 3.05) is 0 Å². The van der Waals surface area contributed by atoms with Gasteiger partial charge in [0.15, 0.2) is 0 Å². The third-order valence-electron chi connectivity index (χ3n) is 2.81. The zero-order valence-electron chi connectivity index (χ0n) is 10.4. The fraction of sp³-hybridized carbons (Fsp3) is 0.133. The van der Waals surface area contributed by atoms with Gasteiger partial charge < -0.3 is 5.32 Å². The van der Waals surface area contributed by atoms with E-state index in [2.05, 4.69) is 52.1 Å². The molecule has 0 amide bonds. The minimum atomic E-state index is 0.835. The molecule has 0 fully saturated rings. The van der Waals surface area contributed by atoms with Crippen molar-refractivity contribution in [1.82, 2.24) is 10.3 Å². The lowest BCUT2D eigenvalue weighted by atomic mass is 10.2. The topological polar surface area (TPSA) is 24.9 Å². The highest BCUT2D eigenvalue weighted by Crippen LogP contribution is 2.27. The van der Waals surface area contributed by atoms with Gasteiger partial charge >= 0.3 is 0 Å². The number of nitrogens with zero attached hydrogens (tertiary/aromatic N) is 1. The highest BCUT2D eigenvalue weighted by atomic mass is 32.1. The van der Waals surface area contributed by atoms with Gasteiger partial charge in [0.25, 0.3) is 0 Å². The van der Waals surface area contributed by atoms with Gasteiger partial charge in [-0.05, 0) is 17.7 Å². The zero-order valence-corrected chi connectivity index (χ0v) is 12.0. The first-order valence-corrected chi connectivity index (χ1v) is 7.90. The van der Waals surface area contributed by atoms with Gasteiger partial charge in [-0.3, -0.25) is 0 Å². The van der Waals surface area contributed by atoms with Crippen molar-refractivity contribution in [1.29, 1.82) is 0 Å². The molecular formula is C15H14N2S2. The smallest absolute Gasteiger partial charge is 0.0795 e. The third kappa shape index (κ3) is 3.29. The second kappa shape index (κ2) is 6.10. The maximum Gasteiger partial charge on any atom is 0.0795 e. The Bertz CT molecular complexity index is 615. The fourth-order valence-corrected chi connectivity index (χ4v) is 3.41. The van der Waals surface area contributed by atoms with Crippen molar-refractivity contribution in [2.24, 2.45) is 0 Å². The number of thiophene rings is 1. The maximum absolute atomic E-state index is 4.26. The molecule has 0 aliphatic rings. The lowest BCUT2D eigenvalue weighted by Crippen LogP contribution is -2.11. The molecule has 19 heavy (non-hydrogen) atoms. The van der Waals surface area contributed by atoms with Gasteiger partial charge in [0.2, 0.25) is 0 Å². The van der Waals surface area contributed by atoms with Crippen molar-refractivity contribution in [3.05, 3.63) is 63.9 Å². The van der Waals surface area contributed by atoms with Crippen molar-refractivity contribution >= 4 is 22.7 Å². The molecule has 0 aliphatic carbocycles. The minimum absolute atomic E-state index is 0.835. The van der Waals surface area contributed by atoms with Crippen LogP contribution < -0.4 is 5.32 Å². The Morgan fingerprint density at radius 3 is 2.68 bits per heavy atom. The van der Waals surface area contributed by atoms with Crippen molar-refractivity contribution in [3.8, 4) is 10.4 Å². The van der Waals surface area contributed by atoms with Crippen LogP contribution in [0.2, 0.25) is 0 Å². The van der Waals surface area contributed by atoms with Gasteiger partial charge in [0.1, 0.15) is 0 Å². The van der Waals surface area contributed by atoms with Gasteiger partial charge in [0.05, 0.1) is 11.2 Å². The van der Waals surface area contributed by atoms with Crippen LogP contribution in [0, 0.1) is 0 Å². The highest BCUT2D eigenvalue weighted by Gasteiger charge is 2.02. The average molecular weight is 286 g/mol. The monoisotopic (exact) mass is 286 g/mol. The zero-order chi connectivity index (χ0) is 12.9. The summed E-state index contributed by atoms with van der Waals surface area (Å²) in [5.41, 5.74) is 4.28. The van der Waals surface area contributed by atoms with E-state index in [4.69, 9.17) is 0 Å². The van der Waals surface area contributed by atoms with E-state index < -0.39 is 0 Å². The summed E-state index contributed by atoms with van der Waals surface area (Å²) >= 11 is 3.48. The standard InChI is InChI=1S/C15H14N2S2/c1-2-4-12(5-3-1)15-7-6-14(19-15)9-16-8-13-10-18-11-17-13/h1-7,10-11,16H,8-9H2. The van der Waals surface area contributed by atoms with E-state index in [1.165, 1.54) is 15.3 Å². The predicted molar refractivity (Wildman–Crippen MR) is 82.4 cm³/mol. The number of benzene rings is 1. The Balaban J connectivity index is 1.59. The van der Waals surface area contributed by atoms with Crippen LogP contribution in [0.4, 0.5) is 0 Å². The van der Waals surface area contributed by atoms with E-state index in [9.17, 15) is 0 Å². The molecule has 1 N–H and O–H groups in total. The molecule has 0 saturated heterocycles. The van der Waals surface area contributed by atoms with Crippen molar-refractivity contribution in [2.45, 2.75) is 13.1 Å². The van der Waals surface area contributed by atoms with Crippen molar-refractivity contribution in [3.63, 3.8) is 0 Å². The van der Waals surface area contributed by atoms with E-state index in [0.717, 1.165) is 18.8 Å². The summed E-state index contributed by atoms with van der Waals surface area (Å²) in [6, 6.07) is 14.9. The number of hydrogen-bond donors (Lipinski definition) is 1. The summed E-state index contributed by atoms with van der Waals surface area (Å²) in [5.74, 6) is 0. The molecule has 3 aromatic rings. The van der Waals surface area contributed by atoms with Crippen LogP contribution in [0.5, 0.6) is 0 Å². The molecule has 0 spiro atoms. The summed E-state index contributed by atoms with van der Waals surface area (Å²) < 4.78 is 0. The maximum atomic E-state index is 4.26. The number of nitrogens with one attached hydrogen (secondary N) is 1. The fourth-order valence-electron chi connectivity index (χ4n) is 1.87. The molecule has 0 radical (unpaired) electrons. The molecule has 0 unspecified atom stereocenters. The Morgan fingerprint density at radius 1 is 1.00 bits per heavy atom. The van der Waals surface area contributed by atoms with E-state index in [-0.39, 0.29) is 0 Å². The molecule has 0 saturated carbocycles. The van der Waals surface area contributed by atoms with Crippen LogP contribution in [0.1, 0.15) is 10.6 Å². The van der Waals surface area contributed by atoms with Crippen LogP contribution in [-0.2, 0) is 13.1 Å². The van der Waals surface area contributed by atoms with E-state index in [0.29, 0.717) is 0 Å². The lowest BCUT2D eigenvalue weighted by molar-refractivity contribution is 0.690. The van der Waals surface area contributed by atoms with Gasteiger partial charge in [0, 0.05) is 28.2 Å². The summed E-state index contributed by atoms with van der Waals surface area (Å²) in [7, 11) is 0. The van der Waals surface area contributed by atoms with Crippen LogP contribution in [0.15, 0.2) is 53.4 Å². The van der Waals surface area contributed by atoms with E-state index >= 15 is 0 Å². The quantitative estimate of drug-likeness (QED) is 0.761. The molecule has 1 aromatic carbocycles. The summed E-state index contributed by atoms with van der Waals surface area (Å²) in [4.78, 5) is 6.94. The van der Waals surface area contributed by atoms with Gasteiger partial charge in [-0.2, -0.15) is 0 Å². The first-order chi connectivity index (χ1) is 9.42. The summed E-state index contributed by atoms with van der Waals surface area (Å²) in [5, 5.41) is 5.50. The molecule has 0 aliphatic heterocycles. The third-order valence-corrected chi connectivity index (χ3v) is 4.58. The van der Waals surface area contributed by atoms with Crippen LogP contribution in [0.3, 0.4) is 0 Å².